The second-order valence-corrected chi connectivity index (χ2v) is 7.42. The Bertz CT molecular complexity index is 884. The fourth-order valence-corrected chi connectivity index (χ4v) is 3.51. The highest BCUT2D eigenvalue weighted by molar-refractivity contribution is 7.13. The minimum absolute atomic E-state index is 0.179. The van der Waals surface area contributed by atoms with Crippen LogP contribution in [0.1, 0.15) is 21.6 Å². The van der Waals surface area contributed by atoms with Crippen molar-refractivity contribution in [2.45, 2.75) is 13.3 Å². The Balaban J connectivity index is 1.66. The summed E-state index contributed by atoms with van der Waals surface area (Å²) in [7, 11) is 4.13. The molecule has 0 unspecified atom stereocenters. The summed E-state index contributed by atoms with van der Waals surface area (Å²) in [6.45, 7) is 3.06. The van der Waals surface area contributed by atoms with Gasteiger partial charge in [-0.2, -0.15) is 0 Å². The molecule has 1 heterocycles. The zero-order valence-electron chi connectivity index (χ0n) is 15.3. The number of hydrogen-bond acceptors (Lipinski definition) is 4. The normalized spacial score (nSPS) is 10.9. The smallest absolute Gasteiger partial charge is 0.275 e. The summed E-state index contributed by atoms with van der Waals surface area (Å²) >= 11 is 1.49. The van der Waals surface area contributed by atoms with Crippen molar-refractivity contribution in [3.63, 3.8) is 0 Å². The number of likely N-dealkylation sites (N-methyl/N-ethyl adjacent to an activating group) is 1. The average molecular weight is 366 g/mol. The lowest BCUT2D eigenvalue weighted by molar-refractivity contribution is 0.102. The first-order chi connectivity index (χ1) is 12.5. The first-order valence-electron chi connectivity index (χ1n) is 8.59. The standard InChI is InChI=1S/C21H23N3OS/c1-15-6-4-5-7-18(15)21-23-19(14-26-21)20(25)22-17-10-8-16(9-11-17)12-13-24(2)3/h4-11,14H,12-13H2,1-3H3,(H,22,25). The van der Waals surface area contributed by atoms with Gasteiger partial charge in [0, 0.05) is 23.2 Å². The van der Waals surface area contributed by atoms with Gasteiger partial charge in [0.05, 0.1) is 0 Å². The number of aromatic nitrogens is 1. The molecule has 3 rings (SSSR count). The fourth-order valence-electron chi connectivity index (χ4n) is 2.62. The van der Waals surface area contributed by atoms with E-state index in [1.807, 2.05) is 48.7 Å². The number of thiazole rings is 1. The van der Waals surface area contributed by atoms with Crippen LogP contribution in [0.5, 0.6) is 0 Å². The van der Waals surface area contributed by atoms with E-state index in [9.17, 15) is 4.79 Å². The van der Waals surface area contributed by atoms with E-state index in [0.29, 0.717) is 5.69 Å². The molecule has 0 radical (unpaired) electrons. The van der Waals surface area contributed by atoms with Crippen molar-refractivity contribution < 1.29 is 4.79 Å². The topological polar surface area (TPSA) is 45.2 Å². The lowest BCUT2D eigenvalue weighted by Crippen LogP contribution is -2.15. The van der Waals surface area contributed by atoms with E-state index in [0.717, 1.165) is 34.8 Å². The number of amides is 1. The Hall–Kier alpha value is -2.50. The van der Waals surface area contributed by atoms with E-state index in [1.165, 1.54) is 16.9 Å². The van der Waals surface area contributed by atoms with E-state index in [-0.39, 0.29) is 5.91 Å². The highest BCUT2D eigenvalue weighted by Gasteiger charge is 2.13. The van der Waals surface area contributed by atoms with Crippen molar-refractivity contribution in [1.29, 1.82) is 0 Å². The Morgan fingerprint density at radius 2 is 1.85 bits per heavy atom. The predicted molar refractivity (Wildman–Crippen MR) is 109 cm³/mol. The second-order valence-electron chi connectivity index (χ2n) is 6.56. The molecule has 1 N–H and O–H groups in total. The third kappa shape index (κ3) is 4.56. The summed E-state index contributed by atoms with van der Waals surface area (Å²) in [4.78, 5) is 19.1. The largest absolute Gasteiger partial charge is 0.321 e. The first-order valence-corrected chi connectivity index (χ1v) is 9.47. The van der Waals surface area contributed by atoms with Crippen LogP contribution in [0, 0.1) is 6.92 Å². The highest BCUT2D eigenvalue weighted by Crippen LogP contribution is 2.26. The van der Waals surface area contributed by atoms with Crippen LogP contribution in [0.15, 0.2) is 53.9 Å². The Morgan fingerprint density at radius 3 is 2.54 bits per heavy atom. The molecule has 0 saturated heterocycles. The lowest BCUT2D eigenvalue weighted by atomic mass is 10.1. The third-order valence-corrected chi connectivity index (χ3v) is 5.05. The number of nitrogens with one attached hydrogen (secondary N) is 1. The maximum Gasteiger partial charge on any atom is 0.275 e. The number of rotatable bonds is 6. The zero-order chi connectivity index (χ0) is 18.5. The molecule has 0 spiro atoms. The molecule has 134 valence electrons. The van der Waals surface area contributed by atoms with Gasteiger partial charge in [0.1, 0.15) is 10.7 Å². The predicted octanol–water partition coefficient (Wildman–Crippen LogP) is 4.47. The minimum atomic E-state index is -0.179. The summed E-state index contributed by atoms with van der Waals surface area (Å²) in [6.07, 6.45) is 0.993. The molecule has 2 aromatic carbocycles. The van der Waals surface area contributed by atoms with Crippen LogP contribution in [0.2, 0.25) is 0 Å². The molecule has 0 fully saturated rings. The van der Waals surface area contributed by atoms with E-state index in [4.69, 9.17) is 0 Å². The Labute approximate surface area is 158 Å². The van der Waals surface area contributed by atoms with Crippen molar-refractivity contribution in [2.24, 2.45) is 0 Å². The fraction of sp³-hybridized carbons (Fsp3) is 0.238. The van der Waals surface area contributed by atoms with Crippen LogP contribution in [0.25, 0.3) is 10.6 Å². The molecular formula is C21H23N3OS. The number of nitrogens with zero attached hydrogens (tertiary/aromatic N) is 2. The van der Waals surface area contributed by atoms with Gasteiger partial charge in [-0.3, -0.25) is 4.79 Å². The van der Waals surface area contributed by atoms with Crippen LogP contribution in [-0.2, 0) is 6.42 Å². The monoisotopic (exact) mass is 365 g/mol. The number of aryl methyl sites for hydroxylation is 1. The van der Waals surface area contributed by atoms with Crippen LogP contribution in [-0.4, -0.2) is 36.4 Å². The minimum Gasteiger partial charge on any atom is -0.321 e. The van der Waals surface area contributed by atoms with Gasteiger partial charge in [-0.15, -0.1) is 11.3 Å². The molecule has 5 heteroatoms. The third-order valence-electron chi connectivity index (χ3n) is 4.17. The van der Waals surface area contributed by atoms with Crippen LogP contribution in [0.3, 0.4) is 0 Å². The molecule has 3 aromatic rings. The average Bonchev–Trinajstić information content (AvgIpc) is 3.11. The number of carbonyl (C=O) groups excluding carboxylic acids is 1. The summed E-state index contributed by atoms with van der Waals surface area (Å²) in [5, 5.41) is 5.60. The van der Waals surface area contributed by atoms with E-state index < -0.39 is 0 Å². The molecule has 0 saturated carbocycles. The molecule has 4 nitrogen and oxygen atoms in total. The van der Waals surface area contributed by atoms with Gasteiger partial charge >= 0.3 is 0 Å². The maximum atomic E-state index is 12.5. The van der Waals surface area contributed by atoms with Gasteiger partial charge in [0.15, 0.2) is 0 Å². The molecule has 0 aliphatic carbocycles. The Kier molecular flexibility index (Phi) is 5.81. The molecule has 0 aliphatic heterocycles. The summed E-state index contributed by atoms with van der Waals surface area (Å²) in [6, 6.07) is 16.1. The van der Waals surface area contributed by atoms with Crippen molar-refractivity contribution in [2.75, 3.05) is 26.0 Å². The maximum absolute atomic E-state index is 12.5. The van der Waals surface area contributed by atoms with Crippen molar-refractivity contribution in [1.82, 2.24) is 9.88 Å². The number of hydrogen-bond donors (Lipinski definition) is 1. The quantitative estimate of drug-likeness (QED) is 0.701. The summed E-state index contributed by atoms with van der Waals surface area (Å²) < 4.78 is 0. The van der Waals surface area contributed by atoms with Gasteiger partial charge in [0.25, 0.3) is 5.91 Å². The molecule has 1 amide bonds. The molecule has 0 atom stereocenters. The van der Waals surface area contributed by atoms with Gasteiger partial charge in [0.2, 0.25) is 0 Å². The van der Waals surface area contributed by atoms with Crippen LogP contribution in [0.4, 0.5) is 5.69 Å². The van der Waals surface area contributed by atoms with Gasteiger partial charge in [-0.05, 0) is 50.7 Å². The number of anilines is 1. The van der Waals surface area contributed by atoms with E-state index in [1.54, 1.807) is 0 Å². The van der Waals surface area contributed by atoms with Crippen LogP contribution >= 0.6 is 11.3 Å². The molecular weight excluding hydrogens is 342 g/mol. The summed E-state index contributed by atoms with van der Waals surface area (Å²) in [5.74, 6) is -0.179. The number of benzene rings is 2. The summed E-state index contributed by atoms with van der Waals surface area (Å²) in [5.41, 5.74) is 4.72. The first kappa shape index (κ1) is 18.3. The molecule has 0 bridgehead atoms. The van der Waals surface area contributed by atoms with Crippen molar-refractivity contribution in [3.05, 3.63) is 70.7 Å². The van der Waals surface area contributed by atoms with E-state index in [2.05, 4.69) is 41.4 Å². The van der Waals surface area contributed by atoms with Crippen molar-refractivity contribution in [3.8, 4) is 10.6 Å². The SMILES string of the molecule is Cc1ccccc1-c1nc(C(=O)Nc2ccc(CCN(C)C)cc2)cs1. The Morgan fingerprint density at radius 1 is 1.12 bits per heavy atom. The van der Waals surface area contributed by atoms with Gasteiger partial charge < -0.3 is 10.2 Å². The van der Waals surface area contributed by atoms with Crippen LogP contribution < -0.4 is 5.32 Å². The molecule has 1 aromatic heterocycles. The van der Waals surface area contributed by atoms with E-state index >= 15 is 0 Å². The number of carbonyl (C=O) groups is 1. The molecule has 26 heavy (non-hydrogen) atoms. The highest BCUT2D eigenvalue weighted by atomic mass is 32.1. The van der Waals surface area contributed by atoms with Crippen molar-refractivity contribution >= 4 is 22.9 Å². The second kappa shape index (κ2) is 8.25. The zero-order valence-corrected chi connectivity index (χ0v) is 16.1. The lowest BCUT2D eigenvalue weighted by Gasteiger charge is -2.09. The van der Waals surface area contributed by atoms with Gasteiger partial charge in [-0.25, -0.2) is 4.98 Å². The molecule has 0 aliphatic rings. The van der Waals surface area contributed by atoms with Gasteiger partial charge in [-0.1, -0.05) is 36.4 Å².